The molecule has 8 heteroatoms. The average Bonchev–Trinajstić information content (AvgIpc) is 3.36. The van der Waals surface area contributed by atoms with Gasteiger partial charge >= 0.3 is 5.97 Å². The first-order valence-electron chi connectivity index (χ1n) is 13.2. The molecule has 2 N–H and O–H groups in total. The van der Waals surface area contributed by atoms with Gasteiger partial charge in [0.05, 0.1) is 40.8 Å². The van der Waals surface area contributed by atoms with Gasteiger partial charge in [0.25, 0.3) is 0 Å². The van der Waals surface area contributed by atoms with Crippen LogP contribution < -0.4 is 0 Å². The summed E-state index contributed by atoms with van der Waals surface area (Å²) in [5.41, 5.74) is 1.69. The van der Waals surface area contributed by atoms with Gasteiger partial charge in [-0.2, -0.15) is 0 Å². The number of fused-ring (bicyclic) bond motifs is 4. The largest absolute Gasteiger partial charge is 0.458 e. The predicted molar refractivity (Wildman–Crippen MR) is 147 cm³/mol. The van der Waals surface area contributed by atoms with Crippen LogP contribution >= 0.6 is 11.3 Å². The second-order valence-corrected chi connectivity index (χ2v) is 12.7. The summed E-state index contributed by atoms with van der Waals surface area (Å²) in [5, 5.41) is 25.0. The van der Waals surface area contributed by atoms with Crippen LogP contribution in [0.2, 0.25) is 0 Å². The van der Waals surface area contributed by atoms with Crippen molar-refractivity contribution in [2.45, 2.75) is 97.2 Å². The van der Waals surface area contributed by atoms with Gasteiger partial charge in [-0.25, -0.2) is 4.98 Å². The molecule has 2 aliphatic rings. The molecule has 1 fully saturated rings. The molecule has 206 valence electrons. The molecule has 0 aliphatic carbocycles. The lowest BCUT2D eigenvalue weighted by molar-refractivity contribution is -0.154. The van der Waals surface area contributed by atoms with E-state index in [4.69, 9.17) is 9.47 Å². The number of rotatable bonds is 2. The van der Waals surface area contributed by atoms with Crippen LogP contribution in [0, 0.1) is 18.3 Å². The number of aliphatic hydroxyl groups excluding tert-OH is 2. The Morgan fingerprint density at radius 3 is 2.53 bits per heavy atom. The van der Waals surface area contributed by atoms with Crippen molar-refractivity contribution in [3.63, 3.8) is 0 Å². The minimum absolute atomic E-state index is 0.189. The number of aryl methyl sites for hydroxylation is 1. The van der Waals surface area contributed by atoms with E-state index in [1.165, 1.54) is 0 Å². The Bertz CT molecular complexity index is 1230. The van der Waals surface area contributed by atoms with E-state index in [0.717, 1.165) is 27.4 Å². The number of thiazole rings is 1. The summed E-state index contributed by atoms with van der Waals surface area (Å²) >= 11 is 1.55. The second-order valence-electron chi connectivity index (χ2n) is 11.6. The van der Waals surface area contributed by atoms with E-state index in [2.05, 4.69) is 4.98 Å². The first kappa shape index (κ1) is 28.6. The Labute approximate surface area is 228 Å². The molecular weight excluding hydrogens is 502 g/mol. The fourth-order valence-electron chi connectivity index (χ4n) is 5.37. The van der Waals surface area contributed by atoms with Crippen LogP contribution in [0.3, 0.4) is 0 Å². The fraction of sp³-hybridized carbons (Fsp3) is 0.567. The number of epoxide rings is 1. The van der Waals surface area contributed by atoms with E-state index in [-0.39, 0.29) is 24.2 Å². The topological polar surface area (TPSA) is 109 Å². The molecule has 1 aromatic carbocycles. The number of carbonyl (C=O) groups is 2. The molecule has 2 aliphatic heterocycles. The zero-order valence-corrected chi connectivity index (χ0v) is 24.0. The molecule has 0 spiro atoms. The van der Waals surface area contributed by atoms with Crippen molar-refractivity contribution >= 4 is 29.2 Å². The molecule has 1 saturated heterocycles. The van der Waals surface area contributed by atoms with Crippen LogP contribution in [-0.2, 0) is 24.7 Å². The minimum atomic E-state index is -1.27. The lowest BCUT2D eigenvalue weighted by Gasteiger charge is -2.34. The van der Waals surface area contributed by atoms with Gasteiger partial charge in [0.15, 0.2) is 0 Å². The van der Waals surface area contributed by atoms with Gasteiger partial charge in [-0.05, 0) is 43.5 Å². The Hall–Kier alpha value is -2.39. The average molecular weight is 542 g/mol. The van der Waals surface area contributed by atoms with Gasteiger partial charge in [-0.3, -0.25) is 9.59 Å². The van der Waals surface area contributed by atoms with Crippen molar-refractivity contribution in [2.24, 2.45) is 11.3 Å². The Morgan fingerprint density at radius 1 is 1.16 bits per heavy atom. The van der Waals surface area contributed by atoms with Gasteiger partial charge in [0.2, 0.25) is 0 Å². The van der Waals surface area contributed by atoms with Crippen LogP contribution in [0.5, 0.6) is 0 Å². The first-order valence-corrected chi connectivity index (χ1v) is 14.1. The summed E-state index contributed by atoms with van der Waals surface area (Å²) in [4.78, 5) is 31.0. The standard InChI is InChI=1S/C30H39NO6S/c1-16(11-22-15-38-19(4)31-22)23-13-25-30(7,37-25)21-10-8-9-20(12-21)17(2)27(34)18(3)28(35)29(5,6)24(32)14-26(33)36-23/h8-12,15,17-18,23-25,27,32,34H,13-14H2,1-7H3/b16-11+/t17-,18+,23-,24-,25-,27-,30-/m0/s1. The van der Waals surface area contributed by atoms with E-state index in [0.29, 0.717) is 6.42 Å². The van der Waals surface area contributed by atoms with Gasteiger partial charge in [0, 0.05) is 23.6 Å². The van der Waals surface area contributed by atoms with Crippen LogP contribution in [0.1, 0.15) is 82.1 Å². The van der Waals surface area contributed by atoms with Crippen molar-refractivity contribution in [1.29, 1.82) is 0 Å². The molecule has 7 atom stereocenters. The molecule has 3 heterocycles. The molecule has 0 radical (unpaired) electrons. The summed E-state index contributed by atoms with van der Waals surface area (Å²) in [6.45, 7) is 12.7. The molecule has 7 nitrogen and oxygen atoms in total. The van der Waals surface area contributed by atoms with Crippen molar-refractivity contribution in [2.75, 3.05) is 0 Å². The summed E-state index contributed by atoms with van der Waals surface area (Å²) in [6.07, 6.45) is -0.987. The number of benzene rings is 1. The Kier molecular flexibility index (Phi) is 8.01. The first-order chi connectivity index (χ1) is 17.7. The third-order valence-electron chi connectivity index (χ3n) is 8.42. The van der Waals surface area contributed by atoms with Gasteiger partial charge < -0.3 is 19.7 Å². The number of hydrogen-bond donors (Lipinski definition) is 2. The molecule has 0 saturated carbocycles. The maximum Gasteiger partial charge on any atom is 0.309 e. The molecule has 0 unspecified atom stereocenters. The van der Waals surface area contributed by atoms with E-state index >= 15 is 0 Å². The van der Waals surface area contributed by atoms with Crippen LogP contribution in [0.4, 0.5) is 0 Å². The number of ketones is 1. The molecular formula is C30H39NO6S. The van der Waals surface area contributed by atoms with E-state index in [1.54, 1.807) is 32.1 Å². The molecule has 2 aromatic rings. The maximum absolute atomic E-state index is 13.4. The van der Waals surface area contributed by atoms with E-state index < -0.39 is 41.2 Å². The second kappa shape index (κ2) is 10.6. The number of aromatic nitrogens is 1. The van der Waals surface area contributed by atoms with Crippen LogP contribution in [0.15, 0.2) is 35.2 Å². The minimum Gasteiger partial charge on any atom is -0.458 e. The highest BCUT2D eigenvalue weighted by atomic mass is 32.1. The molecule has 2 bridgehead atoms. The van der Waals surface area contributed by atoms with Crippen molar-refractivity contribution < 1.29 is 29.3 Å². The van der Waals surface area contributed by atoms with Gasteiger partial charge in [-0.15, -0.1) is 11.3 Å². The van der Waals surface area contributed by atoms with Gasteiger partial charge in [-0.1, -0.05) is 52.0 Å². The normalized spacial score (nSPS) is 34.4. The number of ether oxygens (including phenoxy) is 2. The van der Waals surface area contributed by atoms with Crippen LogP contribution in [0.25, 0.3) is 6.08 Å². The monoisotopic (exact) mass is 541 g/mol. The predicted octanol–water partition coefficient (Wildman–Crippen LogP) is 4.93. The smallest absolute Gasteiger partial charge is 0.309 e. The third-order valence-corrected chi connectivity index (χ3v) is 9.21. The quantitative estimate of drug-likeness (QED) is 0.410. The molecule has 0 amide bonds. The summed E-state index contributed by atoms with van der Waals surface area (Å²) in [6, 6.07) is 7.92. The molecule has 4 rings (SSSR count). The highest BCUT2D eigenvalue weighted by Crippen LogP contribution is 2.49. The van der Waals surface area contributed by atoms with Crippen molar-refractivity contribution in [1.82, 2.24) is 4.98 Å². The fourth-order valence-corrected chi connectivity index (χ4v) is 5.94. The number of carbonyl (C=O) groups excluding carboxylic acids is 2. The zero-order chi connectivity index (χ0) is 28.0. The van der Waals surface area contributed by atoms with E-state index in [9.17, 15) is 19.8 Å². The molecule has 38 heavy (non-hydrogen) atoms. The zero-order valence-electron chi connectivity index (χ0n) is 23.2. The molecule has 1 aromatic heterocycles. The summed E-state index contributed by atoms with van der Waals surface area (Å²) in [5.74, 6) is -1.96. The number of esters is 1. The lowest BCUT2D eigenvalue weighted by Crippen LogP contribution is -2.45. The Morgan fingerprint density at radius 2 is 1.87 bits per heavy atom. The Balaban J connectivity index is 1.72. The summed E-state index contributed by atoms with van der Waals surface area (Å²) in [7, 11) is 0. The van der Waals surface area contributed by atoms with Crippen LogP contribution in [-0.4, -0.2) is 51.4 Å². The van der Waals surface area contributed by atoms with Crippen molar-refractivity contribution in [3.05, 3.63) is 57.0 Å². The highest BCUT2D eigenvalue weighted by molar-refractivity contribution is 7.09. The summed E-state index contributed by atoms with van der Waals surface area (Å²) < 4.78 is 12.1. The lowest BCUT2D eigenvalue weighted by atomic mass is 9.72. The van der Waals surface area contributed by atoms with Gasteiger partial charge in [0.1, 0.15) is 17.5 Å². The number of cyclic esters (lactones) is 1. The number of hydrogen-bond acceptors (Lipinski definition) is 8. The highest BCUT2D eigenvalue weighted by Gasteiger charge is 2.55. The number of Topliss-reactive ketones (excluding diaryl/α,β-unsaturated/α-hetero) is 1. The van der Waals surface area contributed by atoms with Crippen molar-refractivity contribution in [3.8, 4) is 0 Å². The van der Waals surface area contributed by atoms with E-state index in [1.807, 2.05) is 63.4 Å². The maximum atomic E-state index is 13.4. The third kappa shape index (κ3) is 5.64. The SMILES string of the molecule is C/C(=C\c1csc(C)n1)[C@@H]1C[C@@H]2O[C@@]2(C)c2cccc(c2)[C@H](C)[C@H](O)[C@@H](C)C(=O)C(C)(C)[C@@H](O)CC(=O)O1. The number of nitrogens with zero attached hydrogens (tertiary/aromatic N) is 1. The number of aliphatic hydroxyl groups is 2.